The molecule has 0 spiro atoms. The summed E-state index contributed by atoms with van der Waals surface area (Å²) in [5, 5.41) is 19.0. The van der Waals surface area contributed by atoms with Gasteiger partial charge in [0.15, 0.2) is 0 Å². The Bertz CT molecular complexity index is 600. The molecule has 1 aliphatic heterocycles. The van der Waals surface area contributed by atoms with Gasteiger partial charge in [-0.15, -0.1) is 0 Å². The topological polar surface area (TPSA) is 73.6 Å². The minimum atomic E-state index is -0.274. The first kappa shape index (κ1) is 15.1. The lowest BCUT2D eigenvalue weighted by Gasteiger charge is -2.26. The largest absolute Gasteiger partial charge is 0.507 e. The molecule has 1 N–H and O–H groups in total. The minimum Gasteiger partial charge on any atom is -0.507 e. The highest BCUT2D eigenvalue weighted by Gasteiger charge is 2.20. The van der Waals surface area contributed by atoms with Gasteiger partial charge in [-0.2, -0.15) is 5.26 Å². The highest BCUT2D eigenvalue weighted by atomic mass is 16.5. The molecule has 110 valence electrons. The molecule has 0 radical (unpaired) electrons. The molecule has 0 bridgehead atoms. The minimum absolute atomic E-state index is 0.0985. The number of phenols is 1. The van der Waals surface area contributed by atoms with Crippen LogP contribution >= 0.6 is 0 Å². The number of aromatic hydroxyl groups is 1. The zero-order valence-corrected chi connectivity index (χ0v) is 12.2. The molecule has 1 aromatic carbocycles. The number of ether oxygens (including phenoxy) is 1. The van der Waals surface area contributed by atoms with Crippen LogP contribution in [-0.4, -0.2) is 42.2 Å². The van der Waals surface area contributed by atoms with E-state index in [1.165, 1.54) is 0 Å². The lowest BCUT2D eigenvalue weighted by molar-refractivity contribution is -0.130. The maximum absolute atomic E-state index is 12.3. The zero-order valence-electron chi connectivity index (χ0n) is 12.2. The van der Waals surface area contributed by atoms with Crippen molar-refractivity contribution in [3.8, 4) is 11.8 Å². The fraction of sp³-hybridized carbons (Fsp3) is 0.375. The van der Waals surface area contributed by atoms with E-state index in [4.69, 9.17) is 4.74 Å². The van der Waals surface area contributed by atoms with Crippen LogP contribution in [0.2, 0.25) is 0 Å². The second-order valence-electron chi connectivity index (χ2n) is 5.08. The molecule has 1 saturated heterocycles. The van der Waals surface area contributed by atoms with Crippen LogP contribution in [0.4, 0.5) is 0 Å². The molecule has 1 heterocycles. The van der Waals surface area contributed by atoms with Crippen LogP contribution in [-0.2, 0) is 9.53 Å². The van der Waals surface area contributed by atoms with Crippen molar-refractivity contribution in [1.82, 2.24) is 4.90 Å². The lowest BCUT2D eigenvalue weighted by Crippen LogP contribution is -2.41. The van der Waals surface area contributed by atoms with Gasteiger partial charge in [0.05, 0.1) is 13.2 Å². The van der Waals surface area contributed by atoms with E-state index in [1.807, 2.05) is 6.07 Å². The summed E-state index contributed by atoms with van der Waals surface area (Å²) in [4.78, 5) is 13.9. The van der Waals surface area contributed by atoms with Crippen molar-refractivity contribution in [2.24, 2.45) is 0 Å². The molecule has 21 heavy (non-hydrogen) atoms. The van der Waals surface area contributed by atoms with Gasteiger partial charge >= 0.3 is 0 Å². The van der Waals surface area contributed by atoms with E-state index in [0.29, 0.717) is 26.3 Å². The number of carbonyl (C=O) groups is 1. The number of morpholine rings is 1. The van der Waals surface area contributed by atoms with Gasteiger partial charge in [0, 0.05) is 13.1 Å². The van der Waals surface area contributed by atoms with Crippen molar-refractivity contribution >= 4 is 12.0 Å². The molecule has 0 atom stereocenters. The Kier molecular flexibility index (Phi) is 4.61. The van der Waals surface area contributed by atoms with Gasteiger partial charge in [-0.05, 0) is 48.7 Å². The number of nitriles is 1. The number of nitrogens with zero attached hydrogens (tertiary/aromatic N) is 2. The summed E-state index contributed by atoms with van der Waals surface area (Å²) < 4.78 is 5.20. The van der Waals surface area contributed by atoms with Gasteiger partial charge in [0.1, 0.15) is 17.4 Å². The van der Waals surface area contributed by atoms with E-state index in [0.717, 1.165) is 16.7 Å². The van der Waals surface area contributed by atoms with Crippen LogP contribution in [0.5, 0.6) is 5.75 Å². The molecule has 1 aliphatic rings. The predicted octanol–water partition coefficient (Wildman–Crippen LogP) is 1.77. The second kappa shape index (κ2) is 6.42. The summed E-state index contributed by atoms with van der Waals surface area (Å²) in [5.74, 6) is -0.0330. The molecule has 0 unspecified atom stereocenters. The maximum Gasteiger partial charge on any atom is 0.264 e. The molecule has 1 amide bonds. The summed E-state index contributed by atoms with van der Waals surface area (Å²) >= 11 is 0. The first-order valence-electron chi connectivity index (χ1n) is 6.82. The molecule has 0 saturated carbocycles. The van der Waals surface area contributed by atoms with Crippen LogP contribution in [0.3, 0.4) is 0 Å². The first-order chi connectivity index (χ1) is 10.0. The average molecular weight is 286 g/mol. The monoisotopic (exact) mass is 286 g/mol. The van der Waals surface area contributed by atoms with E-state index in [1.54, 1.807) is 37.0 Å². The van der Waals surface area contributed by atoms with E-state index in [-0.39, 0.29) is 17.2 Å². The number of hydrogen-bond acceptors (Lipinski definition) is 4. The quantitative estimate of drug-likeness (QED) is 0.664. The Morgan fingerprint density at radius 1 is 1.33 bits per heavy atom. The van der Waals surface area contributed by atoms with E-state index >= 15 is 0 Å². The molecule has 1 fully saturated rings. The maximum atomic E-state index is 12.3. The Balaban J connectivity index is 2.28. The summed E-state index contributed by atoms with van der Waals surface area (Å²) in [6.07, 6.45) is 1.57. The van der Waals surface area contributed by atoms with Gasteiger partial charge in [0.25, 0.3) is 5.91 Å². The van der Waals surface area contributed by atoms with Crippen molar-refractivity contribution in [3.05, 3.63) is 34.4 Å². The molecule has 0 aromatic heterocycles. The van der Waals surface area contributed by atoms with Crippen molar-refractivity contribution in [3.63, 3.8) is 0 Å². The summed E-state index contributed by atoms with van der Waals surface area (Å²) in [7, 11) is 0. The van der Waals surface area contributed by atoms with Crippen molar-refractivity contribution in [1.29, 1.82) is 5.26 Å². The third-order valence-corrected chi connectivity index (χ3v) is 3.47. The number of phenolic OH excluding ortho intramolecular Hbond substituents is 1. The first-order valence-corrected chi connectivity index (χ1v) is 6.82. The summed E-state index contributed by atoms with van der Waals surface area (Å²) in [6, 6.07) is 5.48. The van der Waals surface area contributed by atoms with Crippen molar-refractivity contribution < 1.29 is 14.6 Å². The number of benzene rings is 1. The molecule has 5 heteroatoms. The Hall–Kier alpha value is -2.32. The fourth-order valence-corrected chi connectivity index (χ4v) is 2.32. The number of aryl methyl sites for hydroxylation is 2. The van der Waals surface area contributed by atoms with Crippen molar-refractivity contribution in [2.75, 3.05) is 26.3 Å². The zero-order chi connectivity index (χ0) is 15.4. The number of hydrogen-bond donors (Lipinski definition) is 1. The van der Waals surface area contributed by atoms with Crippen LogP contribution in [0, 0.1) is 25.2 Å². The number of rotatable bonds is 2. The molecule has 5 nitrogen and oxygen atoms in total. The highest BCUT2D eigenvalue weighted by Crippen LogP contribution is 2.24. The Labute approximate surface area is 124 Å². The average Bonchev–Trinajstić information content (AvgIpc) is 2.50. The van der Waals surface area contributed by atoms with Crippen LogP contribution in [0.1, 0.15) is 16.7 Å². The normalized spacial score (nSPS) is 15.7. The second-order valence-corrected chi connectivity index (χ2v) is 5.08. The SMILES string of the molecule is Cc1cc(/C=C(/C#N)C(=O)N2CCOCC2)cc(C)c1O. The number of amides is 1. The predicted molar refractivity (Wildman–Crippen MR) is 78.6 cm³/mol. The van der Waals surface area contributed by atoms with E-state index in [2.05, 4.69) is 0 Å². The lowest BCUT2D eigenvalue weighted by atomic mass is 10.0. The number of carbonyl (C=O) groups excluding carboxylic acids is 1. The molecule has 1 aromatic rings. The van der Waals surface area contributed by atoms with Gasteiger partial charge < -0.3 is 14.7 Å². The summed E-state index contributed by atoms with van der Waals surface area (Å²) in [6.45, 7) is 5.59. The standard InChI is InChI=1S/C16H18N2O3/c1-11-7-13(8-12(2)15(11)19)9-14(10-17)16(20)18-3-5-21-6-4-18/h7-9,19H,3-6H2,1-2H3/b14-9-. The molecule has 2 rings (SSSR count). The van der Waals surface area contributed by atoms with E-state index < -0.39 is 0 Å². The van der Waals surface area contributed by atoms with Gasteiger partial charge in [-0.1, -0.05) is 0 Å². The Morgan fingerprint density at radius 2 is 1.90 bits per heavy atom. The highest BCUT2D eigenvalue weighted by molar-refractivity contribution is 6.01. The van der Waals surface area contributed by atoms with Crippen molar-refractivity contribution in [2.45, 2.75) is 13.8 Å². The van der Waals surface area contributed by atoms with Crippen LogP contribution < -0.4 is 0 Å². The third kappa shape index (κ3) is 3.41. The smallest absolute Gasteiger partial charge is 0.264 e. The van der Waals surface area contributed by atoms with E-state index in [9.17, 15) is 15.2 Å². The van der Waals surface area contributed by atoms with Gasteiger partial charge in [-0.25, -0.2) is 0 Å². The van der Waals surface area contributed by atoms with Gasteiger partial charge in [-0.3, -0.25) is 4.79 Å². The fourth-order valence-electron chi connectivity index (χ4n) is 2.32. The molecular formula is C16H18N2O3. The van der Waals surface area contributed by atoms with Gasteiger partial charge in [0.2, 0.25) is 0 Å². The molecular weight excluding hydrogens is 268 g/mol. The summed E-state index contributed by atoms with van der Waals surface area (Å²) in [5.41, 5.74) is 2.28. The molecule has 0 aliphatic carbocycles. The third-order valence-electron chi connectivity index (χ3n) is 3.47. The van der Waals surface area contributed by atoms with Crippen LogP contribution in [0.25, 0.3) is 6.08 Å². The van der Waals surface area contributed by atoms with Crippen LogP contribution in [0.15, 0.2) is 17.7 Å². The Morgan fingerprint density at radius 3 is 2.43 bits per heavy atom.